The Labute approximate surface area is 170 Å². The fourth-order valence-corrected chi connectivity index (χ4v) is 3.49. The molecule has 0 radical (unpaired) electrons. The van der Waals surface area contributed by atoms with Crippen molar-refractivity contribution >= 4 is 12.0 Å². The van der Waals surface area contributed by atoms with Crippen LogP contribution in [-0.4, -0.2) is 43.1 Å². The molecule has 2 aromatic rings. The van der Waals surface area contributed by atoms with Crippen molar-refractivity contribution in [3.05, 3.63) is 71.5 Å². The molecule has 2 amide bonds. The number of piperidine rings is 1. The van der Waals surface area contributed by atoms with E-state index in [9.17, 15) is 14.0 Å². The van der Waals surface area contributed by atoms with E-state index in [-0.39, 0.29) is 6.04 Å². The molecule has 1 aliphatic rings. The first kappa shape index (κ1) is 20.8. The van der Waals surface area contributed by atoms with Crippen LogP contribution in [0, 0.1) is 5.82 Å². The minimum Gasteiger partial charge on any atom is -0.467 e. The molecule has 0 saturated carbocycles. The second kappa shape index (κ2) is 10.0. The van der Waals surface area contributed by atoms with E-state index >= 15 is 0 Å². The number of likely N-dealkylation sites (tertiary alicyclic amines) is 1. The molecule has 1 aliphatic heterocycles. The van der Waals surface area contributed by atoms with Crippen molar-refractivity contribution in [3.8, 4) is 0 Å². The predicted octanol–water partition coefficient (Wildman–Crippen LogP) is 3.00. The third-order valence-corrected chi connectivity index (χ3v) is 5.09. The SMILES string of the molecule is COC(=O)C(NC(=O)NC1CCN(Cc2ccccc2)CC1)c1ccc(F)cc1. The van der Waals surface area contributed by atoms with Gasteiger partial charge in [0.1, 0.15) is 5.82 Å². The van der Waals surface area contributed by atoms with Gasteiger partial charge in [0, 0.05) is 25.7 Å². The molecule has 0 aliphatic carbocycles. The van der Waals surface area contributed by atoms with Gasteiger partial charge in [-0.3, -0.25) is 4.90 Å². The lowest BCUT2D eigenvalue weighted by Gasteiger charge is -2.32. The number of amides is 2. The van der Waals surface area contributed by atoms with Crippen LogP contribution in [0.5, 0.6) is 0 Å². The zero-order valence-corrected chi connectivity index (χ0v) is 16.4. The van der Waals surface area contributed by atoms with Gasteiger partial charge in [-0.2, -0.15) is 0 Å². The van der Waals surface area contributed by atoms with Crippen LogP contribution in [0.3, 0.4) is 0 Å². The summed E-state index contributed by atoms with van der Waals surface area (Å²) in [7, 11) is 1.25. The molecule has 2 aromatic carbocycles. The number of hydrogen-bond acceptors (Lipinski definition) is 4. The summed E-state index contributed by atoms with van der Waals surface area (Å²) in [6, 6.07) is 14.3. The molecule has 29 heavy (non-hydrogen) atoms. The first-order valence-electron chi connectivity index (χ1n) is 9.72. The first-order valence-corrected chi connectivity index (χ1v) is 9.72. The maximum absolute atomic E-state index is 13.2. The van der Waals surface area contributed by atoms with Crippen molar-refractivity contribution < 1.29 is 18.7 Å². The van der Waals surface area contributed by atoms with Crippen molar-refractivity contribution in [2.45, 2.75) is 31.5 Å². The van der Waals surface area contributed by atoms with Gasteiger partial charge < -0.3 is 15.4 Å². The number of rotatable bonds is 6. The van der Waals surface area contributed by atoms with Crippen LogP contribution in [0.4, 0.5) is 9.18 Å². The van der Waals surface area contributed by atoms with Crippen LogP contribution < -0.4 is 10.6 Å². The summed E-state index contributed by atoms with van der Waals surface area (Å²) in [5.74, 6) is -1.02. The number of benzene rings is 2. The Morgan fingerprint density at radius 2 is 1.76 bits per heavy atom. The van der Waals surface area contributed by atoms with E-state index in [1.54, 1.807) is 0 Å². The summed E-state index contributed by atoms with van der Waals surface area (Å²) in [5.41, 5.74) is 1.74. The number of urea groups is 1. The lowest BCUT2D eigenvalue weighted by molar-refractivity contribution is -0.143. The van der Waals surface area contributed by atoms with Gasteiger partial charge in [-0.15, -0.1) is 0 Å². The van der Waals surface area contributed by atoms with Gasteiger partial charge in [-0.25, -0.2) is 14.0 Å². The Morgan fingerprint density at radius 1 is 1.10 bits per heavy atom. The standard InChI is InChI=1S/C22H26FN3O3/c1-29-21(27)20(17-7-9-18(23)10-8-17)25-22(28)24-19-11-13-26(14-12-19)15-16-5-3-2-4-6-16/h2-10,19-20H,11-15H2,1H3,(H2,24,25,28). The number of carbonyl (C=O) groups excluding carboxylic acids is 2. The van der Waals surface area contributed by atoms with Crippen LogP contribution in [0.15, 0.2) is 54.6 Å². The summed E-state index contributed by atoms with van der Waals surface area (Å²) in [6.07, 6.45) is 1.67. The lowest BCUT2D eigenvalue weighted by Crippen LogP contribution is -2.49. The monoisotopic (exact) mass is 399 g/mol. The largest absolute Gasteiger partial charge is 0.467 e. The summed E-state index contributed by atoms with van der Waals surface area (Å²) in [4.78, 5) is 26.9. The van der Waals surface area contributed by atoms with Crippen molar-refractivity contribution in [1.82, 2.24) is 15.5 Å². The molecule has 3 rings (SSSR count). The molecule has 0 spiro atoms. The van der Waals surface area contributed by atoms with Crippen LogP contribution >= 0.6 is 0 Å². The fourth-order valence-electron chi connectivity index (χ4n) is 3.49. The van der Waals surface area contributed by atoms with Gasteiger partial charge >= 0.3 is 12.0 Å². The topological polar surface area (TPSA) is 70.7 Å². The number of esters is 1. The summed E-state index contributed by atoms with van der Waals surface area (Å²) < 4.78 is 17.9. The molecular formula is C22H26FN3O3. The lowest BCUT2D eigenvalue weighted by atomic mass is 10.0. The molecule has 1 saturated heterocycles. The third-order valence-electron chi connectivity index (χ3n) is 5.09. The highest BCUT2D eigenvalue weighted by Gasteiger charge is 2.26. The van der Waals surface area contributed by atoms with Gasteiger partial charge in [0.2, 0.25) is 0 Å². The fraction of sp³-hybridized carbons (Fsp3) is 0.364. The Bertz CT molecular complexity index is 806. The quantitative estimate of drug-likeness (QED) is 0.733. The average Bonchev–Trinajstić information content (AvgIpc) is 2.74. The highest BCUT2D eigenvalue weighted by Crippen LogP contribution is 2.17. The maximum Gasteiger partial charge on any atom is 0.333 e. The highest BCUT2D eigenvalue weighted by atomic mass is 19.1. The van der Waals surface area contributed by atoms with Gasteiger partial charge in [0.25, 0.3) is 0 Å². The molecule has 2 N–H and O–H groups in total. The molecule has 1 atom stereocenters. The number of ether oxygens (including phenoxy) is 1. The minimum absolute atomic E-state index is 0.0357. The molecule has 0 bridgehead atoms. The van der Waals surface area contributed by atoms with Crippen LogP contribution in [0.25, 0.3) is 0 Å². The van der Waals surface area contributed by atoms with Crippen molar-refractivity contribution in [3.63, 3.8) is 0 Å². The number of nitrogens with zero attached hydrogens (tertiary/aromatic N) is 1. The minimum atomic E-state index is -0.987. The van der Waals surface area contributed by atoms with Crippen LogP contribution in [0.1, 0.15) is 30.0 Å². The van der Waals surface area contributed by atoms with Crippen molar-refractivity contribution in [2.24, 2.45) is 0 Å². The van der Waals surface area contributed by atoms with Crippen molar-refractivity contribution in [1.29, 1.82) is 0 Å². The average molecular weight is 399 g/mol. The number of carbonyl (C=O) groups is 2. The molecule has 154 valence electrons. The van der Waals surface area contributed by atoms with Crippen LogP contribution in [0.2, 0.25) is 0 Å². The van der Waals surface area contributed by atoms with Gasteiger partial charge in [-0.05, 0) is 36.1 Å². The predicted molar refractivity (Wildman–Crippen MR) is 108 cm³/mol. The van der Waals surface area contributed by atoms with E-state index in [1.807, 2.05) is 18.2 Å². The number of halogens is 1. The van der Waals surface area contributed by atoms with E-state index < -0.39 is 23.9 Å². The Kier molecular flexibility index (Phi) is 7.19. The number of nitrogens with one attached hydrogen (secondary N) is 2. The summed E-state index contributed by atoms with van der Waals surface area (Å²) in [6.45, 7) is 2.67. The molecule has 1 heterocycles. The molecule has 7 heteroatoms. The van der Waals surface area contributed by atoms with Crippen molar-refractivity contribution in [2.75, 3.05) is 20.2 Å². The normalized spacial score (nSPS) is 16.1. The second-order valence-electron chi connectivity index (χ2n) is 7.16. The Morgan fingerprint density at radius 3 is 2.38 bits per heavy atom. The third kappa shape index (κ3) is 6.02. The van der Waals surface area contributed by atoms with E-state index in [2.05, 4.69) is 27.7 Å². The maximum atomic E-state index is 13.2. The highest BCUT2D eigenvalue weighted by molar-refractivity contribution is 5.84. The van der Waals surface area contributed by atoms with E-state index in [1.165, 1.54) is 36.9 Å². The molecule has 0 aromatic heterocycles. The van der Waals surface area contributed by atoms with Gasteiger partial charge in [0.15, 0.2) is 6.04 Å². The van der Waals surface area contributed by atoms with Gasteiger partial charge in [-0.1, -0.05) is 42.5 Å². The molecular weight excluding hydrogens is 373 g/mol. The zero-order chi connectivity index (χ0) is 20.6. The Balaban J connectivity index is 1.50. The first-order chi connectivity index (χ1) is 14.0. The van der Waals surface area contributed by atoms with E-state index in [0.29, 0.717) is 5.56 Å². The second-order valence-corrected chi connectivity index (χ2v) is 7.16. The smallest absolute Gasteiger partial charge is 0.333 e. The zero-order valence-electron chi connectivity index (χ0n) is 16.4. The van der Waals surface area contributed by atoms with Crippen LogP contribution in [-0.2, 0) is 16.1 Å². The molecule has 1 fully saturated rings. The van der Waals surface area contributed by atoms with E-state index in [0.717, 1.165) is 32.5 Å². The molecule has 1 unspecified atom stereocenters. The number of methoxy groups -OCH3 is 1. The molecule has 6 nitrogen and oxygen atoms in total. The summed E-state index contributed by atoms with van der Waals surface area (Å²) >= 11 is 0. The number of hydrogen-bond donors (Lipinski definition) is 2. The van der Waals surface area contributed by atoms with Gasteiger partial charge in [0.05, 0.1) is 7.11 Å². The Hall–Kier alpha value is -2.93. The van der Waals surface area contributed by atoms with E-state index in [4.69, 9.17) is 4.74 Å². The summed E-state index contributed by atoms with van der Waals surface area (Å²) in [5, 5.41) is 5.58.